The van der Waals surface area contributed by atoms with Crippen molar-refractivity contribution in [1.82, 2.24) is 0 Å². The van der Waals surface area contributed by atoms with Crippen LogP contribution in [0.15, 0.2) is 51.8 Å². The number of nitrogens with two attached hydrogens (primary N) is 1. The van der Waals surface area contributed by atoms with Gasteiger partial charge in [0.05, 0.1) is 5.75 Å². The van der Waals surface area contributed by atoms with E-state index in [0.29, 0.717) is 11.4 Å². The van der Waals surface area contributed by atoms with Crippen LogP contribution in [0.25, 0.3) is 0 Å². The number of anilines is 2. The Kier molecular flexibility index (Phi) is 5.03. The number of hydrogen-bond acceptors (Lipinski definition) is 3. The van der Waals surface area contributed by atoms with Crippen molar-refractivity contribution in [3.63, 3.8) is 0 Å². The fourth-order valence-corrected chi connectivity index (χ4v) is 2.97. The Labute approximate surface area is 128 Å². The maximum Gasteiger partial charge on any atom is 0.234 e. The number of thioether (sulfide) groups is 1. The lowest BCUT2D eigenvalue weighted by atomic mass is 10.3. The average Bonchev–Trinajstić information content (AvgIpc) is 2.40. The lowest BCUT2D eigenvalue weighted by Gasteiger charge is -2.07. The summed E-state index contributed by atoms with van der Waals surface area (Å²) < 4.78 is 13.6. The molecule has 1 amide bonds. The minimum Gasteiger partial charge on any atom is -0.399 e. The van der Waals surface area contributed by atoms with Gasteiger partial charge in [-0.2, -0.15) is 0 Å². The fourth-order valence-electron chi connectivity index (χ4n) is 1.51. The summed E-state index contributed by atoms with van der Waals surface area (Å²) in [7, 11) is 0. The molecule has 0 unspecified atom stereocenters. The van der Waals surface area contributed by atoms with Gasteiger partial charge in [-0.1, -0.05) is 0 Å². The van der Waals surface area contributed by atoms with E-state index in [1.54, 1.807) is 12.1 Å². The first kappa shape index (κ1) is 14.9. The Hall–Kier alpha value is -1.53. The van der Waals surface area contributed by atoms with Crippen molar-refractivity contribution in [2.45, 2.75) is 4.90 Å². The molecule has 0 atom stereocenters. The molecule has 0 radical (unpaired) electrons. The van der Waals surface area contributed by atoms with Crippen LogP contribution in [0.4, 0.5) is 15.8 Å². The summed E-state index contributed by atoms with van der Waals surface area (Å²) >= 11 is 4.80. The van der Waals surface area contributed by atoms with E-state index in [4.69, 9.17) is 5.73 Å². The van der Waals surface area contributed by atoms with Crippen LogP contribution in [-0.4, -0.2) is 11.7 Å². The largest absolute Gasteiger partial charge is 0.399 e. The highest BCUT2D eigenvalue weighted by atomic mass is 79.9. The minimum absolute atomic E-state index is 0.148. The molecule has 104 valence electrons. The number of halogens is 2. The fraction of sp³-hybridized carbons (Fsp3) is 0.0714. The highest BCUT2D eigenvalue weighted by Gasteiger charge is 2.06. The molecule has 0 heterocycles. The van der Waals surface area contributed by atoms with Crippen molar-refractivity contribution in [3.05, 3.63) is 52.8 Å². The zero-order valence-electron chi connectivity index (χ0n) is 10.4. The van der Waals surface area contributed by atoms with E-state index < -0.39 is 0 Å². The van der Waals surface area contributed by atoms with Crippen molar-refractivity contribution < 1.29 is 9.18 Å². The molecule has 3 nitrogen and oxygen atoms in total. The van der Waals surface area contributed by atoms with Crippen LogP contribution >= 0.6 is 27.7 Å². The second kappa shape index (κ2) is 6.76. The number of nitrogens with one attached hydrogen (secondary N) is 1. The molecule has 20 heavy (non-hydrogen) atoms. The maximum atomic E-state index is 12.7. The van der Waals surface area contributed by atoms with Gasteiger partial charge in [0.25, 0.3) is 0 Å². The van der Waals surface area contributed by atoms with Gasteiger partial charge in [0.2, 0.25) is 5.91 Å². The summed E-state index contributed by atoms with van der Waals surface area (Å²) in [5.74, 6) is -0.214. The number of carbonyl (C=O) groups excluding carboxylic acids is 1. The monoisotopic (exact) mass is 354 g/mol. The van der Waals surface area contributed by atoms with Gasteiger partial charge in [-0.25, -0.2) is 4.39 Å². The third-order valence-electron chi connectivity index (χ3n) is 2.44. The Morgan fingerprint density at radius 1 is 1.25 bits per heavy atom. The Morgan fingerprint density at radius 3 is 2.60 bits per heavy atom. The van der Waals surface area contributed by atoms with Gasteiger partial charge in [-0.3, -0.25) is 4.79 Å². The van der Waals surface area contributed by atoms with Gasteiger partial charge in [0, 0.05) is 20.7 Å². The van der Waals surface area contributed by atoms with Crippen molar-refractivity contribution in [2.75, 3.05) is 16.8 Å². The van der Waals surface area contributed by atoms with Crippen LogP contribution in [0, 0.1) is 5.82 Å². The average molecular weight is 355 g/mol. The van der Waals surface area contributed by atoms with E-state index in [0.717, 1.165) is 9.37 Å². The van der Waals surface area contributed by atoms with E-state index in [1.807, 2.05) is 6.07 Å². The first-order chi connectivity index (χ1) is 9.54. The minimum atomic E-state index is -0.330. The number of hydrogen-bond donors (Lipinski definition) is 2. The van der Waals surface area contributed by atoms with Crippen molar-refractivity contribution in [3.8, 4) is 0 Å². The third kappa shape index (κ3) is 4.25. The number of carbonyl (C=O) groups is 1. The molecule has 6 heteroatoms. The van der Waals surface area contributed by atoms with E-state index in [-0.39, 0.29) is 17.5 Å². The van der Waals surface area contributed by atoms with Gasteiger partial charge >= 0.3 is 0 Å². The van der Waals surface area contributed by atoms with Crippen LogP contribution in [0.2, 0.25) is 0 Å². The van der Waals surface area contributed by atoms with Gasteiger partial charge in [0.15, 0.2) is 0 Å². The molecule has 2 aromatic carbocycles. The highest BCUT2D eigenvalue weighted by Crippen LogP contribution is 2.29. The summed E-state index contributed by atoms with van der Waals surface area (Å²) in [5, 5.41) is 2.70. The first-order valence-corrected chi connectivity index (χ1v) is 7.56. The van der Waals surface area contributed by atoms with Crippen LogP contribution in [-0.2, 0) is 4.79 Å². The molecule has 0 aliphatic heterocycles. The molecule has 2 aromatic rings. The first-order valence-electron chi connectivity index (χ1n) is 5.78. The van der Waals surface area contributed by atoms with Crippen molar-refractivity contribution in [1.29, 1.82) is 0 Å². The zero-order chi connectivity index (χ0) is 14.5. The van der Waals surface area contributed by atoms with Gasteiger partial charge in [0.1, 0.15) is 5.82 Å². The molecule has 0 fully saturated rings. The SMILES string of the molecule is Nc1ccc(SCC(=O)Nc2ccc(F)cc2)c(Br)c1. The second-order valence-corrected chi connectivity index (χ2v) is 5.91. The zero-order valence-corrected chi connectivity index (χ0v) is 12.8. The number of amides is 1. The van der Waals surface area contributed by atoms with E-state index in [2.05, 4.69) is 21.2 Å². The van der Waals surface area contributed by atoms with E-state index >= 15 is 0 Å². The Morgan fingerprint density at radius 2 is 1.95 bits per heavy atom. The molecule has 2 rings (SSSR count). The molecule has 0 spiro atoms. The highest BCUT2D eigenvalue weighted by molar-refractivity contribution is 9.10. The summed E-state index contributed by atoms with van der Waals surface area (Å²) in [6.45, 7) is 0. The summed E-state index contributed by atoms with van der Waals surface area (Å²) in [6, 6.07) is 11.1. The quantitative estimate of drug-likeness (QED) is 0.646. The molecule has 0 aliphatic rings. The molecule has 0 aliphatic carbocycles. The Bertz CT molecular complexity index is 619. The van der Waals surface area contributed by atoms with Crippen molar-refractivity contribution in [2.24, 2.45) is 0 Å². The van der Waals surface area contributed by atoms with Crippen LogP contribution in [0.3, 0.4) is 0 Å². The lowest BCUT2D eigenvalue weighted by molar-refractivity contribution is -0.113. The van der Waals surface area contributed by atoms with Gasteiger partial charge in [-0.15, -0.1) is 11.8 Å². The number of benzene rings is 2. The van der Waals surface area contributed by atoms with Crippen LogP contribution in [0.5, 0.6) is 0 Å². The molecule has 0 aromatic heterocycles. The van der Waals surface area contributed by atoms with Gasteiger partial charge in [-0.05, 0) is 58.4 Å². The topological polar surface area (TPSA) is 55.1 Å². The summed E-state index contributed by atoms with van der Waals surface area (Å²) in [5.41, 5.74) is 6.89. The smallest absolute Gasteiger partial charge is 0.234 e. The predicted octanol–water partition coefficient (Wildman–Crippen LogP) is 3.90. The van der Waals surface area contributed by atoms with E-state index in [9.17, 15) is 9.18 Å². The van der Waals surface area contributed by atoms with Crippen molar-refractivity contribution >= 4 is 45.0 Å². The molecule has 3 N–H and O–H groups in total. The molecule has 0 saturated carbocycles. The lowest BCUT2D eigenvalue weighted by Crippen LogP contribution is -2.13. The van der Waals surface area contributed by atoms with Gasteiger partial charge < -0.3 is 11.1 Å². The number of rotatable bonds is 4. The van der Waals surface area contributed by atoms with Crippen LogP contribution < -0.4 is 11.1 Å². The summed E-state index contributed by atoms with van der Waals surface area (Å²) in [6.07, 6.45) is 0. The molecular weight excluding hydrogens is 343 g/mol. The number of nitrogen functional groups attached to an aromatic ring is 1. The summed E-state index contributed by atoms with van der Waals surface area (Å²) in [4.78, 5) is 12.7. The Balaban J connectivity index is 1.90. The second-order valence-electron chi connectivity index (χ2n) is 4.03. The standard InChI is InChI=1S/C14H12BrFN2OS/c15-12-7-10(17)3-6-13(12)20-8-14(19)18-11-4-1-9(16)2-5-11/h1-7H,8,17H2,(H,18,19). The molecule has 0 saturated heterocycles. The predicted molar refractivity (Wildman–Crippen MR) is 84.3 cm³/mol. The third-order valence-corrected chi connectivity index (χ3v) is 4.43. The van der Waals surface area contributed by atoms with Crippen LogP contribution in [0.1, 0.15) is 0 Å². The normalized spacial score (nSPS) is 10.3. The maximum absolute atomic E-state index is 12.7. The van der Waals surface area contributed by atoms with E-state index in [1.165, 1.54) is 36.0 Å². The molecular formula is C14H12BrFN2OS. The molecule has 0 bridgehead atoms.